The van der Waals surface area contributed by atoms with Crippen LogP contribution in [0.5, 0.6) is 0 Å². The van der Waals surface area contributed by atoms with Crippen LogP contribution in [0.4, 0.5) is 0 Å². The van der Waals surface area contributed by atoms with Crippen molar-refractivity contribution in [3.8, 4) is 0 Å². The summed E-state index contributed by atoms with van der Waals surface area (Å²) in [6.45, 7) is 2.24. The first-order chi connectivity index (χ1) is 11.0. The van der Waals surface area contributed by atoms with Crippen molar-refractivity contribution in [3.63, 3.8) is 0 Å². The van der Waals surface area contributed by atoms with Crippen molar-refractivity contribution in [3.05, 3.63) is 63.3 Å². The molecule has 0 radical (unpaired) electrons. The van der Waals surface area contributed by atoms with E-state index in [0.29, 0.717) is 24.1 Å². The monoisotopic (exact) mass is 311 g/mol. The molecule has 0 saturated carbocycles. The molecule has 1 atom stereocenters. The number of nitrogens with zero attached hydrogens (tertiary/aromatic N) is 1. The molecule has 6 nitrogen and oxygen atoms in total. The second-order valence-electron chi connectivity index (χ2n) is 5.88. The molecular formula is C17H17N3O3. The summed E-state index contributed by atoms with van der Waals surface area (Å²) >= 11 is 0. The fraction of sp³-hybridized carbons (Fsp3) is 0.294. The fourth-order valence-corrected chi connectivity index (χ4v) is 2.77. The van der Waals surface area contributed by atoms with Gasteiger partial charge in [-0.3, -0.25) is 19.4 Å². The molecule has 0 saturated heterocycles. The molecule has 2 heterocycles. The number of fused-ring (bicyclic) bond motifs is 1. The summed E-state index contributed by atoms with van der Waals surface area (Å²) in [5, 5.41) is 2.68. The number of ketones is 1. The highest BCUT2D eigenvalue weighted by molar-refractivity contribution is 6.01. The predicted molar refractivity (Wildman–Crippen MR) is 84.3 cm³/mol. The Balaban J connectivity index is 1.83. The molecular weight excluding hydrogens is 294 g/mol. The molecule has 2 aromatic rings. The summed E-state index contributed by atoms with van der Waals surface area (Å²) in [5.41, 5.74) is 1.42. The average molecular weight is 311 g/mol. The molecule has 0 fully saturated rings. The van der Waals surface area contributed by atoms with Crippen LogP contribution < -0.4 is 10.9 Å². The maximum Gasteiger partial charge on any atom is 0.261 e. The summed E-state index contributed by atoms with van der Waals surface area (Å²) in [5.74, 6) is -0.323. The van der Waals surface area contributed by atoms with Gasteiger partial charge in [0, 0.05) is 36.6 Å². The first kappa shape index (κ1) is 15.1. The number of hydrogen-bond donors (Lipinski definition) is 2. The first-order valence-corrected chi connectivity index (χ1v) is 7.51. The molecule has 6 heteroatoms. The quantitative estimate of drug-likeness (QED) is 0.897. The topological polar surface area (TPSA) is 91.9 Å². The third-order valence-corrected chi connectivity index (χ3v) is 3.93. The van der Waals surface area contributed by atoms with E-state index in [1.54, 1.807) is 18.5 Å². The van der Waals surface area contributed by atoms with Crippen LogP contribution in [0.3, 0.4) is 0 Å². The van der Waals surface area contributed by atoms with Gasteiger partial charge in [-0.05, 0) is 30.0 Å². The SMILES string of the molecule is C[C@@H]1CC(=O)c2cc(C(=O)NCc3cccnc3)c(=O)[nH]c2C1. The lowest BCUT2D eigenvalue weighted by Gasteiger charge is -2.20. The summed E-state index contributed by atoms with van der Waals surface area (Å²) in [6.07, 6.45) is 4.37. The van der Waals surface area contributed by atoms with E-state index < -0.39 is 11.5 Å². The number of pyridine rings is 2. The highest BCUT2D eigenvalue weighted by Gasteiger charge is 2.25. The average Bonchev–Trinajstić information content (AvgIpc) is 2.53. The van der Waals surface area contributed by atoms with Gasteiger partial charge in [0.15, 0.2) is 5.78 Å². The Kier molecular flexibility index (Phi) is 4.06. The van der Waals surface area contributed by atoms with Gasteiger partial charge in [0.1, 0.15) is 5.56 Å². The van der Waals surface area contributed by atoms with E-state index in [-0.39, 0.29) is 23.8 Å². The van der Waals surface area contributed by atoms with Gasteiger partial charge in [-0.25, -0.2) is 0 Å². The van der Waals surface area contributed by atoms with E-state index in [2.05, 4.69) is 15.3 Å². The maximum absolute atomic E-state index is 12.2. The third-order valence-electron chi connectivity index (χ3n) is 3.93. The van der Waals surface area contributed by atoms with E-state index >= 15 is 0 Å². The van der Waals surface area contributed by atoms with Crippen LogP contribution in [0.25, 0.3) is 0 Å². The minimum atomic E-state index is -0.496. The Morgan fingerprint density at radius 1 is 1.39 bits per heavy atom. The normalized spacial score (nSPS) is 16.7. The molecule has 0 aromatic carbocycles. The van der Waals surface area contributed by atoms with Gasteiger partial charge >= 0.3 is 0 Å². The summed E-state index contributed by atoms with van der Waals surface area (Å²) in [6, 6.07) is 5.02. The number of rotatable bonds is 3. The summed E-state index contributed by atoms with van der Waals surface area (Å²) in [4.78, 5) is 43.1. The molecule has 0 bridgehead atoms. The van der Waals surface area contributed by atoms with Crippen molar-refractivity contribution in [2.24, 2.45) is 5.92 Å². The van der Waals surface area contributed by atoms with Crippen molar-refractivity contribution >= 4 is 11.7 Å². The minimum absolute atomic E-state index is 0.0312. The van der Waals surface area contributed by atoms with Crippen LogP contribution in [-0.4, -0.2) is 21.7 Å². The highest BCUT2D eigenvalue weighted by Crippen LogP contribution is 2.23. The van der Waals surface area contributed by atoms with Gasteiger partial charge in [-0.1, -0.05) is 13.0 Å². The summed E-state index contributed by atoms with van der Waals surface area (Å²) < 4.78 is 0. The molecule has 0 unspecified atom stereocenters. The van der Waals surface area contributed by atoms with Crippen LogP contribution >= 0.6 is 0 Å². The second-order valence-corrected chi connectivity index (χ2v) is 5.88. The standard InChI is InChI=1S/C17H17N3O3/c1-10-5-14-12(15(21)6-10)7-13(17(23)20-14)16(22)19-9-11-3-2-4-18-8-11/h2-4,7-8,10H,5-6,9H2,1H3,(H,19,22)(H,20,23)/t10-/m0/s1. The number of nitrogens with one attached hydrogen (secondary N) is 2. The number of Topliss-reactive ketones (excluding diaryl/α,β-unsaturated/α-hetero) is 1. The van der Waals surface area contributed by atoms with Gasteiger partial charge in [0.05, 0.1) is 0 Å². The van der Waals surface area contributed by atoms with Gasteiger partial charge in [0.2, 0.25) is 0 Å². The second kappa shape index (κ2) is 6.16. The number of H-pyrrole nitrogens is 1. The number of carbonyl (C=O) groups excluding carboxylic acids is 2. The molecule has 0 spiro atoms. The smallest absolute Gasteiger partial charge is 0.261 e. The third kappa shape index (κ3) is 3.21. The molecule has 3 rings (SSSR count). The Morgan fingerprint density at radius 3 is 2.96 bits per heavy atom. The maximum atomic E-state index is 12.2. The molecule has 1 aliphatic carbocycles. The predicted octanol–water partition coefficient (Wildman–Crippen LogP) is 1.46. The Morgan fingerprint density at radius 2 is 2.22 bits per heavy atom. The van der Waals surface area contributed by atoms with Crippen molar-refractivity contribution in [2.75, 3.05) is 0 Å². The number of aromatic nitrogens is 2. The molecule has 1 amide bonds. The van der Waals surface area contributed by atoms with E-state index in [9.17, 15) is 14.4 Å². The van der Waals surface area contributed by atoms with E-state index in [1.807, 2.05) is 13.0 Å². The summed E-state index contributed by atoms with van der Waals surface area (Å²) in [7, 11) is 0. The molecule has 23 heavy (non-hydrogen) atoms. The highest BCUT2D eigenvalue weighted by atomic mass is 16.2. The van der Waals surface area contributed by atoms with Crippen LogP contribution in [0.15, 0.2) is 35.4 Å². The van der Waals surface area contributed by atoms with Crippen LogP contribution in [0.2, 0.25) is 0 Å². The van der Waals surface area contributed by atoms with Gasteiger partial charge in [0.25, 0.3) is 11.5 Å². The number of aromatic amines is 1. The molecule has 2 N–H and O–H groups in total. The lowest BCUT2D eigenvalue weighted by Crippen LogP contribution is -2.32. The lowest BCUT2D eigenvalue weighted by molar-refractivity contribution is 0.0949. The van der Waals surface area contributed by atoms with Gasteiger partial charge in [-0.15, -0.1) is 0 Å². The van der Waals surface area contributed by atoms with Crippen molar-refractivity contribution in [1.82, 2.24) is 15.3 Å². The van der Waals surface area contributed by atoms with E-state index in [1.165, 1.54) is 6.07 Å². The lowest BCUT2D eigenvalue weighted by atomic mass is 9.86. The van der Waals surface area contributed by atoms with Crippen molar-refractivity contribution < 1.29 is 9.59 Å². The number of carbonyl (C=O) groups is 2. The Bertz CT molecular complexity index is 812. The minimum Gasteiger partial charge on any atom is -0.348 e. The molecule has 1 aliphatic rings. The van der Waals surface area contributed by atoms with Crippen LogP contribution in [-0.2, 0) is 13.0 Å². The molecule has 118 valence electrons. The fourth-order valence-electron chi connectivity index (χ4n) is 2.77. The van der Waals surface area contributed by atoms with Crippen LogP contribution in [0.1, 0.15) is 45.3 Å². The molecule has 0 aliphatic heterocycles. The van der Waals surface area contributed by atoms with Crippen molar-refractivity contribution in [2.45, 2.75) is 26.3 Å². The number of hydrogen-bond acceptors (Lipinski definition) is 4. The first-order valence-electron chi connectivity index (χ1n) is 7.51. The van der Waals surface area contributed by atoms with Gasteiger partial charge < -0.3 is 10.3 Å². The zero-order valence-corrected chi connectivity index (χ0v) is 12.8. The number of amides is 1. The zero-order chi connectivity index (χ0) is 16.4. The van der Waals surface area contributed by atoms with E-state index in [0.717, 1.165) is 5.56 Å². The van der Waals surface area contributed by atoms with E-state index in [4.69, 9.17) is 0 Å². The zero-order valence-electron chi connectivity index (χ0n) is 12.8. The largest absolute Gasteiger partial charge is 0.348 e. The Hall–Kier alpha value is -2.76. The van der Waals surface area contributed by atoms with Gasteiger partial charge in [-0.2, -0.15) is 0 Å². The van der Waals surface area contributed by atoms with Crippen molar-refractivity contribution in [1.29, 1.82) is 0 Å². The molecule has 2 aromatic heterocycles. The van der Waals surface area contributed by atoms with Crippen LogP contribution in [0, 0.1) is 5.92 Å². The Labute approximate surface area is 133 Å².